The van der Waals surface area contributed by atoms with Crippen LogP contribution in [0.2, 0.25) is 5.02 Å². The van der Waals surface area contributed by atoms with Crippen molar-refractivity contribution in [3.63, 3.8) is 0 Å². The van der Waals surface area contributed by atoms with E-state index < -0.39 is 0 Å². The van der Waals surface area contributed by atoms with Gasteiger partial charge in [-0.1, -0.05) is 35.9 Å². The highest BCUT2D eigenvalue weighted by atomic mass is 35.5. The predicted octanol–water partition coefficient (Wildman–Crippen LogP) is 3.87. The molecule has 0 aliphatic carbocycles. The van der Waals surface area contributed by atoms with Crippen molar-refractivity contribution in [2.45, 2.75) is 0 Å². The molecule has 0 saturated carbocycles. The smallest absolute Gasteiger partial charge is 0.250 e. The maximum Gasteiger partial charge on any atom is 0.250 e. The second kappa shape index (κ2) is 5.81. The fourth-order valence-electron chi connectivity index (χ4n) is 1.95. The van der Waals surface area contributed by atoms with Crippen molar-refractivity contribution in [1.29, 1.82) is 0 Å². The number of benzene rings is 2. The lowest BCUT2D eigenvalue weighted by molar-refractivity contribution is -0.111. The lowest BCUT2D eigenvalue weighted by atomic mass is 10.2. The molecule has 1 aromatic heterocycles. The number of aromatic nitrogens is 2. The molecule has 1 heterocycles. The van der Waals surface area contributed by atoms with Gasteiger partial charge in [-0.05, 0) is 35.9 Å². The number of anilines is 1. The Morgan fingerprint density at radius 3 is 2.86 bits per heavy atom. The van der Waals surface area contributed by atoms with Gasteiger partial charge in [0.2, 0.25) is 5.95 Å². The third-order valence-electron chi connectivity index (χ3n) is 2.91. The quantitative estimate of drug-likeness (QED) is 0.721. The second-order valence-corrected chi connectivity index (χ2v) is 4.92. The summed E-state index contributed by atoms with van der Waals surface area (Å²) < 4.78 is 0. The highest BCUT2D eigenvalue weighted by molar-refractivity contribution is 6.30. The number of imidazole rings is 1. The third kappa shape index (κ3) is 3.30. The van der Waals surface area contributed by atoms with E-state index in [9.17, 15) is 4.79 Å². The number of aromatic amines is 1. The maximum absolute atomic E-state index is 11.9. The topological polar surface area (TPSA) is 57.8 Å². The Bertz CT molecular complexity index is 790. The van der Waals surface area contributed by atoms with Crippen molar-refractivity contribution >= 4 is 40.6 Å². The fraction of sp³-hybridized carbons (Fsp3) is 0. The van der Waals surface area contributed by atoms with Crippen molar-refractivity contribution in [3.8, 4) is 0 Å². The molecule has 0 spiro atoms. The Labute approximate surface area is 126 Å². The summed E-state index contributed by atoms with van der Waals surface area (Å²) in [5.74, 6) is 0.172. The van der Waals surface area contributed by atoms with Crippen LogP contribution < -0.4 is 5.32 Å². The zero-order valence-corrected chi connectivity index (χ0v) is 11.8. The minimum atomic E-state index is -0.256. The van der Waals surface area contributed by atoms with E-state index in [2.05, 4.69) is 15.3 Å². The molecule has 3 rings (SSSR count). The molecule has 0 aliphatic heterocycles. The van der Waals surface area contributed by atoms with Crippen molar-refractivity contribution < 1.29 is 4.79 Å². The Morgan fingerprint density at radius 2 is 2.05 bits per heavy atom. The standard InChI is InChI=1S/C16H12ClN3O/c17-12-5-3-4-11(10-12)8-9-15(21)20-16-18-13-6-1-2-7-14(13)19-16/h1-10H,(H2,18,19,20,21)/b9-8+. The summed E-state index contributed by atoms with van der Waals surface area (Å²) in [4.78, 5) is 19.2. The van der Waals surface area contributed by atoms with Crippen LogP contribution in [0.3, 0.4) is 0 Å². The van der Waals surface area contributed by atoms with Crippen LogP contribution in [0, 0.1) is 0 Å². The van der Waals surface area contributed by atoms with E-state index in [0.717, 1.165) is 16.6 Å². The number of carbonyl (C=O) groups is 1. The van der Waals surface area contributed by atoms with Crippen molar-refractivity contribution in [2.24, 2.45) is 0 Å². The number of nitrogens with zero attached hydrogens (tertiary/aromatic N) is 1. The number of para-hydroxylation sites is 2. The molecule has 5 heteroatoms. The van der Waals surface area contributed by atoms with Gasteiger partial charge < -0.3 is 4.98 Å². The van der Waals surface area contributed by atoms with E-state index in [1.165, 1.54) is 6.08 Å². The van der Waals surface area contributed by atoms with Gasteiger partial charge in [-0.25, -0.2) is 4.98 Å². The largest absolute Gasteiger partial charge is 0.324 e. The van der Waals surface area contributed by atoms with E-state index in [-0.39, 0.29) is 5.91 Å². The minimum Gasteiger partial charge on any atom is -0.324 e. The minimum absolute atomic E-state index is 0.256. The number of hydrogen-bond donors (Lipinski definition) is 2. The van der Waals surface area contributed by atoms with Gasteiger partial charge in [-0.3, -0.25) is 10.1 Å². The second-order valence-electron chi connectivity index (χ2n) is 4.48. The Morgan fingerprint density at radius 1 is 1.19 bits per heavy atom. The summed E-state index contributed by atoms with van der Waals surface area (Å²) in [5.41, 5.74) is 2.56. The zero-order valence-electron chi connectivity index (χ0n) is 11.0. The van der Waals surface area contributed by atoms with Crippen LogP contribution in [0.4, 0.5) is 5.95 Å². The van der Waals surface area contributed by atoms with Gasteiger partial charge in [-0.2, -0.15) is 0 Å². The predicted molar refractivity (Wildman–Crippen MR) is 85.2 cm³/mol. The van der Waals surface area contributed by atoms with Gasteiger partial charge >= 0.3 is 0 Å². The number of hydrogen-bond acceptors (Lipinski definition) is 2. The molecule has 4 nitrogen and oxygen atoms in total. The number of carbonyl (C=O) groups excluding carboxylic acids is 1. The van der Waals surface area contributed by atoms with Gasteiger partial charge in [-0.15, -0.1) is 0 Å². The van der Waals surface area contributed by atoms with Crippen LogP contribution in [0.1, 0.15) is 5.56 Å². The molecule has 0 saturated heterocycles. The Balaban J connectivity index is 1.71. The maximum atomic E-state index is 11.9. The molecule has 3 aromatic rings. The fourth-order valence-corrected chi connectivity index (χ4v) is 2.15. The first kappa shape index (κ1) is 13.4. The van der Waals surface area contributed by atoms with E-state index in [4.69, 9.17) is 11.6 Å². The molecular weight excluding hydrogens is 286 g/mol. The SMILES string of the molecule is O=C(/C=C/c1cccc(Cl)c1)Nc1nc2ccccc2[nH]1. The lowest BCUT2D eigenvalue weighted by Gasteiger charge is -1.97. The highest BCUT2D eigenvalue weighted by Gasteiger charge is 2.03. The summed E-state index contributed by atoms with van der Waals surface area (Å²) in [6, 6.07) is 14.9. The Kier molecular flexibility index (Phi) is 3.71. The van der Waals surface area contributed by atoms with Gasteiger partial charge in [0, 0.05) is 11.1 Å². The first-order valence-electron chi connectivity index (χ1n) is 6.40. The normalized spacial score (nSPS) is 11.1. The molecule has 0 unspecified atom stereocenters. The summed E-state index contributed by atoms with van der Waals surface area (Å²) in [5, 5.41) is 3.32. The van der Waals surface area contributed by atoms with Gasteiger partial charge in [0.25, 0.3) is 5.91 Å². The number of amides is 1. The average molecular weight is 298 g/mol. The molecule has 0 bridgehead atoms. The molecule has 0 atom stereocenters. The monoisotopic (exact) mass is 297 g/mol. The highest BCUT2D eigenvalue weighted by Crippen LogP contribution is 2.14. The molecule has 0 aliphatic rings. The first-order chi connectivity index (χ1) is 10.2. The molecule has 0 radical (unpaired) electrons. The van der Waals surface area contributed by atoms with Crippen molar-refractivity contribution in [2.75, 3.05) is 5.32 Å². The van der Waals surface area contributed by atoms with Crippen LogP contribution in [0.15, 0.2) is 54.6 Å². The first-order valence-corrected chi connectivity index (χ1v) is 6.78. The van der Waals surface area contributed by atoms with E-state index in [1.54, 1.807) is 18.2 Å². The molecule has 2 N–H and O–H groups in total. The van der Waals surface area contributed by atoms with Crippen molar-refractivity contribution in [3.05, 3.63) is 65.2 Å². The number of rotatable bonds is 3. The summed E-state index contributed by atoms with van der Waals surface area (Å²) in [7, 11) is 0. The molecule has 1 amide bonds. The van der Waals surface area contributed by atoms with Gasteiger partial charge in [0.05, 0.1) is 11.0 Å². The molecule has 104 valence electrons. The van der Waals surface area contributed by atoms with Crippen LogP contribution in [0.25, 0.3) is 17.1 Å². The van der Waals surface area contributed by atoms with E-state index >= 15 is 0 Å². The van der Waals surface area contributed by atoms with Crippen LogP contribution in [-0.2, 0) is 4.79 Å². The third-order valence-corrected chi connectivity index (χ3v) is 3.14. The molecule has 2 aromatic carbocycles. The molecule has 0 fully saturated rings. The Hall–Kier alpha value is -2.59. The van der Waals surface area contributed by atoms with Gasteiger partial charge in [0.15, 0.2) is 0 Å². The number of fused-ring (bicyclic) bond motifs is 1. The number of H-pyrrole nitrogens is 1. The zero-order chi connectivity index (χ0) is 14.7. The van der Waals surface area contributed by atoms with E-state index in [1.807, 2.05) is 36.4 Å². The summed E-state index contributed by atoms with van der Waals surface area (Å²) in [6.07, 6.45) is 3.14. The van der Waals surface area contributed by atoms with Gasteiger partial charge in [0.1, 0.15) is 0 Å². The summed E-state index contributed by atoms with van der Waals surface area (Å²) in [6.45, 7) is 0. The number of halogens is 1. The van der Waals surface area contributed by atoms with Crippen molar-refractivity contribution in [1.82, 2.24) is 9.97 Å². The molecule has 21 heavy (non-hydrogen) atoms. The summed E-state index contributed by atoms with van der Waals surface area (Å²) >= 11 is 5.89. The van der Waals surface area contributed by atoms with Crippen LogP contribution in [0.5, 0.6) is 0 Å². The lowest BCUT2D eigenvalue weighted by Crippen LogP contribution is -2.08. The average Bonchev–Trinajstić information content (AvgIpc) is 2.87. The molecular formula is C16H12ClN3O. The van der Waals surface area contributed by atoms with Crippen LogP contribution >= 0.6 is 11.6 Å². The van der Waals surface area contributed by atoms with Crippen LogP contribution in [-0.4, -0.2) is 15.9 Å². The van der Waals surface area contributed by atoms with E-state index in [0.29, 0.717) is 11.0 Å². The number of nitrogens with one attached hydrogen (secondary N) is 2.